The van der Waals surface area contributed by atoms with Crippen molar-refractivity contribution >= 4 is 11.3 Å². The predicted molar refractivity (Wildman–Crippen MR) is 102 cm³/mol. The van der Waals surface area contributed by atoms with Gasteiger partial charge in [-0.25, -0.2) is 4.98 Å². The number of pyridine rings is 2. The van der Waals surface area contributed by atoms with Crippen LogP contribution in [0.4, 0.5) is 0 Å². The fraction of sp³-hybridized carbons (Fsp3) is 0.316. The topological polar surface area (TPSA) is 78.4 Å². The average molecular weight is 384 g/mol. The Morgan fingerprint density at radius 2 is 2.22 bits per heavy atom. The molecular formula is C19H20N4O3S. The number of hydrogen-bond donors (Lipinski definition) is 1. The molecule has 140 valence electrons. The van der Waals surface area contributed by atoms with Gasteiger partial charge in [0.05, 0.1) is 29.7 Å². The standard InChI is InChI=1S/C19H20N4O3S/c1-2-14(10-20-3-1)26-15-8-18(25-13-16-11-21-4-6-24-16)17(23-12-15)9-19-22-5-7-27-19/h1-3,5,7-8,10,12,16,21H,4,6,9,11,13H2. The molecule has 0 aliphatic carbocycles. The predicted octanol–water partition coefficient (Wildman–Crippen LogP) is 2.68. The second-order valence-electron chi connectivity index (χ2n) is 6.02. The monoisotopic (exact) mass is 384 g/mol. The number of morpholine rings is 1. The van der Waals surface area contributed by atoms with E-state index in [2.05, 4.69) is 20.3 Å². The summed E-state index contributed by atoms with van der Waals surface area (Å²) in [6, 6.07) is 5.53. The Labute approximate surface area is 161 Å². The summed E-state index contributed by atoms with van der Waals surface area (Å²) in [5.41, 5.74) is 0.826. The van der Waals surface area contributed by atoms with Crippen LogP contribution in [0.2, 0.25) is 0 Å². The Morgan fingerprint density at radius 3 is 3.00 bits per heavy atom. The summed E-state index contributed by atoms with van der Waals surface area (Å²) in [7, 11) is 0. The molecule has 0 saturated carbocycles. The van der Waals surface area contributed by atoms with E-state index in [1.54, 1.807) is 36.1 Å². The zero-order valence-electron chi connectivity index (χ0n) is 14.7. The Hall–Kier alpha value is -2.55. The van der Waals surface area contributed by atoms with Gasteiger partial charge in [0, 0.05) is 43.4 Å². The van der Waals surface area contributed by atoms with Crippen molar-refractivity contribution in [1.82, 2.24) is 20.3 Å². The third-order valence-corrected chi connectivity index (χ3v) is 4.79. The van der Waals surface area contributed by atoms with E-state index in [-0.39, 0.29) is 6.10 Å². The maximum atomic E-state index is 6.06. The molecule has 0 aromatic carbocycles. The lowest BCUT2D eigenvalue weighted by Crippen LogP contribution is -2.41. The lowest BCUT2D eigenvalue weighted by molar-refractivity contribution is -0.0000888. The molecule has 1 N–H and O–H groups in total. The molecule has 7 nitrogen and oxygen atoms in total. The first kappa shape index (κ1) is 17.8. The Morgan fingerprint density at radius 1 is 1.22 bits per heavy atom. The van der Waals surface area contributed by atoms with Gasteiger partial charge in [0.25, 0.3) is 0 Å². The number of nitrogens with zero attached hydrogens (tertiary/aromatic N) is 3. The van der Waals surface area contributed by atoms with Gasteiger partial charge in [0.2, 0.25) is 0 Å². The van der Waals surface area contributed by atoms with Gasteiger partial charge >= 0.3 is 0 Å². The summed E-state index contributed by atoms with van der Waals surface area (Å²) >= 11 is 1.60. The first-order valence-electron chi connectivity index (χ1n) is 8.77. The number of ether oxygens (including phenoxy) is 3. The molecule has 1 aliphatic heterocycles. The molecule has 27 heavy (non-hydrogen) atoms. The maximum Gasteiger partial charge on any atom is 0.149 e. The van der Waals surface area contributed by atoms with Gasteiger partial charge < -0.3 is 19.5 Å². The molecule has 3 aromatic rings. The average Bonchev–Trinajstić information content (AvgIpc) is 3.23. The highest BCUT2D eigenvalue weighted by Gasteiger charge is 2.17. The van der Waals surface area contributed by atoms with E-state index in [0.717, 1.165) is 23.8 Å². The van der Waals surface area contributed by atoms with E-state index in [9.17, 15) is 0 Å². The summed E-state index contributed by atoms with van der Waals surface area (Å²) in [6.45, 7) is 2.81. The van der Waals surface area contributed by atoms with E-state index in [4.69, 9.17) is 14.2 Å². The molecule has 8 heteroatoms. The summed E-state index contributed by atoms with van der Waals surface area (Å²) in [4.78, 5) is 13.0. The van der Waals surface area contributed by atoms with Crippen LogP contribution in [0.25, 0.3) is 0 Å². The second-order valence-corrected chi connectivity index (χ2v) is 7.00. The van der Waals surface area contributed by atoms with Gasteiger partial charge in [-0.2, -0.15) is 0 Å². The molecule has 1 atom stereocenters. The fourth-order valence-electron chi connectivity index (χ4n) is 2.71. The summed E-state index contributed by atoms with van der Waals surface area (Å²) < 4.78 is 17.6. The summed E-state index contributed by atoms with van der Waals surface area (Å²) in [5, 5.41) is 6.25. The van der Waals surface area contributed by atoms with Crippen molar-refractivity contribution in [3.05, 3.63) is 59.1 Å². The molecule has 1 unspecified atom stereocenters. The molecule has 3 aromatic heterocycles. The normalized spacial score (nSPS) is 16.8. The van der Waals surface area contributed by atoms with E-state index >= 15 is 0 Å². The number of nitrogens with one attached hydrogen (secondary N) is 1. The van der Waals surface area contributed by atoms with Crippen molar-refractivity contribution < 1.29 is 14.2 Å². The molecule has 1 saturated heterocycles. The van der Waals surface area contributed by atoms with Crippen LogP contribution in [0.1, 0.15) is 10.7 Å². The number of rotatable bonds is 7. The van der Waals surface area contributed by atoms with Gasteiger partial charge in [-0.3, -0.25) is 9.97 Å². The van der Waals surface area contributed by atoms with Crippen LogP contribution in [0.3, 0.4) is 0 Å². The second kappa shape index (κ2) is 8.90. The summed E-state index contributed by atoms with van der Waals surface area (Å²) in [5.74, 6) is 1.93. The van der Waals surface area contributed by atoms with Crippen LogP contribution >= 0.6 is 11.3 Å². The van der Waals surface area contributed by atoms with E-state index in [1.165, 1.54) is 0 Å². The van der Waals surface area contributed by atoms with Crippen LogP contribution in [0, 0.1) is 0 Å². The summed E-state index contributed by atoms with van der Waals surface area (Å²) in [6.07, 6.45) is 7.49. The SMILES string of the molecule is c1cncc(Oc2cnc(Cc3nccs3)c(OCC3CNCCO3)c2)c1. The van der Waals surface area contributed by atoms with Crippen molar-refractivity contribution in [3.63, 3.8) is 0 Å². The number of aromatic nitrogens is 3. The Kier molecular flexibility index (Phi) is 5.88. The van der Waals surface area contributed by atoms with E-state index < -0.39 is 0 Å². The van der Waals surface area contributed by atoms with Crippen LogP contribution < -0.4 is 14.8 Å². The van der Waals surface area contributed by atoms with E-state index in [1.807, 2.05) is 23.6 Å². The van der Waals surface area contributed by atoms with Gasteiger partial charge in [0.15, 0.2) is 0 Å². The smallest absolute Gasteiger partial charge is 0.149 e. The molecule has 0 radical (unpaired) electrons. The molecule has 1 aliphatic rings. The highest BCUT2D eigenvalue weighted by Crippen LogP contribution is 2.28. The van der Waals surface area contributed by atoms with E-state index in [0.29, 0.717) is 36.9 Å². The Bertz CT molecular complexity index is 839. The minimum absolute atomic E-state index is 0.0226. The van der Waals surface area contributed by atoms with Gasteiger partial charge in [-0.05, 0) is 12.1 Å². The highest BCUT2D eigenvalue weighted by molar-refractivity contribution is 7.09. The largest absolute Gasteiger partial charge is 0.489 e. The minimum atomic E-state index is 0.0226. The van der Waals surface area contributed by atoms with Crippen molar-refractivity contribution in [3.8, 4) is 17.2 Å². The van der Waals surface area contributed by atoms with Gasteiger partial charge in [-0.1, -0.05) is 0 Å². The lowest BCUT2D eigenvalue weighted by Gasteiger charge is -2.24. The quantitative estimate of drug-likeness (QED) is 0.671. The van der Waals surface area contributed by atoms with Crippen molar-refractivity contribution in [2.75, 3.05) is 26.3 Å². The van der Waals surface area contributed by atoms with Gasteiger partial charge in [0.1, 0.15) is 30.0 Å². The molecule has 0 spiro atoms. The zero-order valence-corrected chi connectivity index (χ0v) is 15.5. The zero-order chi connectivity index (χ0) is 18.3. The molecule has 4 rings (SSSR count). The third kappa shape index (κ3) is 5.00. The molecule has 1 fully saturated rings. The van der Waals surface area contributed by atoms with Crippen LogP contribution in [0.15, 0.2) is 48.4 Å². The van der Waals surface area contributed by atoms with Crippen LogP contribution in [-0.2, 0) is 11.2 Å². The van der Waals surface area contributed by atoms with Crippen molar-refractivity contribution in [1.29, 1.82) is 0 Å². The minimum Gasteiger partial charge on any atom is -0.489 e. The highest BCUT2D eigenvalue weighted by atomic mass is 32.1. The lowest BCUT2D eigenvalue weighted by atomic mass is 10.2. The van der Waals surface area contributed by atoms with Crippen LogP contribution in [0.5, 0.6) is 17.2 Å². The number of hydrogen-bond acceptors (Lipinski definition) is 8. The first-order valence-corrected chi connectivity index (χ1v) is 9.65. The third-order valence-electron chi connectivity index (χ3n) is 4.01. The maximum absolute atomic E-state index is 6.06. The first-order chi connectivity index (χ1) is 13.4. The van der Waals surface area contributed by atoms with Crippen molar-refractivity contribution in [2.45, 2.75) is 12.5 Å². The number of thiazole rings is 1. The molecule has 0 bridgehead atoms. The van der Waals surface area contributed by atoms with Gasteiger partial charge in [-0.15, -0.1) is 11.3 Å². The Balaban J connectivity index is 1.52. The van der Waals surface area contributed by atoms with Crippen LogP contribution in [-0.4, -0.2) is 47.4 Å². The molecule has 4 heterocycles. The fourth-order valence-corrected chi connectivity index (χ4v) is 3.33. The molecular weight excluding hydrogens is 364 g/mol. The molecule has 0 amide bonds. The van der Waals surface area contributed by atoms with Crippen molar-refractivity contribution in [2.24, 2.45) is 0 Å².